The quantitative estimate of drug-likeness (QED) is 0.712. The lowest BCUT2D eigenvalue weighted by atomic mass is 9.98. The molecule has 1 aromatic carbocycles. The Hall–Kier alpha value is -0.820. The summed E-state index contributed by atoms with van der Waals surface area (Å²) >= 11 is 0. The second-order valence-corrected chi connectivity index (χ2v) is 3.37. The Morgan fingerprint density at radius 3 is 2.58 bits per heavy atom. The van der Waals surface area contributed by atoms with E-state index in [4.69, 9.17) is 5.73 Å². The van der Waals surface area contributed by atoms with E-state index in [0.29, 0.717) is 0 Å². The topological polar surface area (TPSA) is 26.0 Å². The Kier molecular flexibility index (Phi) is 2.88. The predicted molar refractivity (Wildman–Crippen MR) is 53.1 cm³/mol. The second kappa shape index (κ2) is 3.72. The number of nitrogens with two attached hydrogens (primary N) is 1. The first-order valence-electron chi connectivity index (χ1n) is 4.48. The molecular weight excluding hydrogens is 146 g/mol. The number of hydrogen-bond donors (Lipinski definition) is 1. The molecule has 1 atom stereocenters. The third kappa shape index (κ3) is 1.86. The molecule has 1 nitrogen and oxygen atoms in total. The fraction of sp³-hybridized carbons (Fsp3) is 0.455. The molecule has 0 bridgehead atoms. The van der Waals surface area contributed by atoms with Gasteiger partial charge in [0.2, 0.25) is 0 Å². The van der Waals surface area contributed by atoms with Crippen molar-refractivity contribution in [2.24, 2.45) is 5.73 Å². The third-order valence-corrected chi connectivity index (χ3v) is 2.27. The molecular formula is C11H17N. The third-order valence-electron chi connectivity index (χ3n) is 2.27. The Morgan fingerprint density at radius 1 is 1.33 bits per heavy atom. The second-order valence-electron chi connectivity index (χ2n) is 3.37. The first-order valence-corrected chi connectivity index (χ1v) is 4.48. The van der Waals surface area contributed by atoms with Crippen LogP contribution in [0.4, 0.5) is 0 Å². The van der Waals surface area contributed by atoms with Gasteiger partial charge in [0.25, 0.3) is 0 Å². The van der Waals surface area contributed by atoms with E-state index in [9.17, 15) is 0 Å². The van der Waals surface area contributed by atoms with E-state index < -0.39 is 0 Å². The van der Waals surface area contributed by atoms with Crippen molar-refractivity contribution >= 4 is 0 Å². The van der Waals surface area contributed by atoms with Crippen molar-refractivity contribution < 1.29 is 0 Å². The Balaban J connectivity index is 3.04. The zero-order valence-corrected chi connectivity index (χ0v) is 8.09. The van der Waals surface area contributed by atoms with Crippen LogP contribution in [0.15, 0.2) is 18.2 Å². The summed E-state index contributed by atoms with van der Waals surface area (Å²) in [6, 6.07) is 6.65. The molecule has 12 heavy (non-hydrogen) atoms. The summed E-state index contributed by atoms with van der Waals surface area (Å²) in [4.78, 5) is 0. The average molecular weight is 163 g/mol. The van der Waals surface area contributed by atoms with Gasteiger partial charge < -0.3 is 5.73 Å². The van der Waals surface area contributed by atoms with Gasteiger partial charge in [-0.3, -0.25) is 0 Å². The van der Waals surface area contributed by atoms with Gasteiger partial charge in [-0.05, 0) is 31.4 Å². The predicted octanol–water partition coefficient (Wildman–Crippen LogP) is 2.71. The molecule has 0 spiro atoms. The highest BCUT2D eigenvalue weighted by molar-refractivity contribution is 5.32. The van der Waals surface area contributed by atoms with Crippen molar-refractivity contribution in [2.75, 3.05) is 0 Å². The molecule has 1 aromatic rings. The van der Waals surface area contributed by atoms with Crippen molar-refractivity contribution in [3.05, 3.63) is 34.9 Å². The summed E-state index contributed by atoms with van der Waals surface area (Å²) in [6.45, 7) is 6.34. The van der Waals surface area contributed by atoms with E-state index in [1.54, 1.807) is 0 Å². The van der Waals surface area contributed by atoms with Gasteiger partial charge >= 0.3 is 0 Å². The SMILES string of the molecule is CCC(N)c1cc(C)ccc1C. The molecule has 0 fully saturated rings. The van der Waals surface area contributed by atoms with Gasteiger partial charge in [0.15, 0.2) is 0 Å². The molecule has 0 aliphatic carbocycles. The minimum absolute atomic E-state index is 0.199. The number of aryl methyl sites for hydroxylation is 2. The van der Waals surface area contributed by atoms with Gasteiger partial charge in [0.05, 0.1) is 0 Å². The molecule has 0 radical (unpaired) electrons. The number of benzene rings is 1. The van der Waals surface area contributed by atoms with Crippen molar-refractivity contribution in [1.29, 1.82) is 0 Å². The van der Waals surface area contributed by atoms with Gasteiger partial charge in [-0.25, -0.2) is 0 Å². The largest absolute Gasteiger partial charge is 0.324 e. The lowest BCUT2D eigenvalue weighted by Gasteiger charge is -2.12. The first-order chi connectivity index (χ1) is 5.65. The fourth-order valence-electron chi connectivity index (χ4n) is 1.38. The highest BCUT2D eigenvalue weighted by atomic mass is 14.6. The van der Waals surface area contributed by atoms with Crippen LogP contribution in [0.1, 0.15) is 36.1 Å². The maximum absolute atomic E-state index is 5.96. The summed E-state index contributed by atoms with van der Waals surface area (Å²) in [6.07, 6.45) is 1.00. The maximum Gasteiger partial charge on any atom is 0.0294 e. The van der Waals surface area contributed by atoms with E-state index in [1.807, 2.05) is 0 Å². The molecule has 0 heterocycles. The van der Waals surface area contributed by atoms with Crippen LogP contribution in [-0.2, 0) is 0 Å². The summed E-state index contributed by atoms with van der Waals surface area (Å²) < 4.78 is 0. The van der Waals surface area contributed by atoms with Gasteiger partial charge in [0.1, 0.15) is 0 Å². The van der Waals surface area contributed by atoms with E-state index in [0.717, 1.165) is 6.42 Å². The number of rotatable bonds is 2. The standard InChI is InChI=1S/C11H17N/c1-4-11(12)10-7-8(2)5-6-9(10)3/h5-7,11H,4,12H2,1-3H3. The van der Waals surface area contributed by atoms with Gasteiger partial charge in [-0.2, -0.15) is 0 Å². The molecule has 66 valence electrons. The van der Waals surface area contributed by atoms with Crippen LogP contribution in [0.5, 0.6) is 0 Å². The molecule has 1 heteroatoms. The summed E-state index contributed by atoms with van der Waals surface area (Å²) in [5.41, 5.74) is 9.85. The molecule has 0 aliphatic rings. The molecule has 0 aliphatic heterocycles. The van der Waals surface area contributed by atoms with Crippen LogP contribution < -0.4 is 5.73 Å². The smallest absolute Gasteiger partial charge is 0.0294 e. The summed E-state index contributed by atoms with van der Waals surface area (Å²) in [7, 11) is 0. The van der Waals surface area contributed by atoms with Crippen LogP contribution in [0.25, 0.3) is 0 Å². The van der Waals surface area contributed by atoms with Crippen molar-refractivity contribution in [2.45, 2.75) is 33.2 Å². The zero-order valence-electron chi connectivity index (χ0n) is 8.09. The lowest BCUT2D eigenvalue weighted by Crippen LogP contribution is -2.10. The van der Waals surface area contributed by atoms with Gasteiger partial charge in [0, 0.05) is 6.04 Å². The minimum Gasteiger partial charge on any atom is -0.324 e. The molecule has 0 saturated heterocycles. The average Bonchev–Trinajstić information content (AvgIpc) is 2.08. The molecule has 2 N–H and O–H groups in total. The zero-order chi connectivity index (χ0) is 9.14. The van der Waals surface area contributed by atoms with Crippen molar-refractivity contribution in [3.8, 4) is 0 Å². The Labute approximate surface area is 74.6 Å². The normalized spacial score (nSPS) is 13.0. The fourth-order valence-corrected chi connectivity index (χ4v) is 1.38. The van der Waals surface area contributed by atoms with Crippen molar-refractivity contribution in [3.63, 3.8) is 0 Å². The number of hydrogen-bond acceptors (Lipinski definition) is 1. The lowest BCUT2D eigenvalue weighted by molar-refractivity contribution is 0.693. The minimum atomic E-state index is 0.199. The highest BCUT2D eigenvalue weighted by Gasteiger charge is 2.05. The first kappa shape index (κ1) is 9.27. The monoisotopic (exact) mass is 163 g/mol. The molecule has 1 rings (SSSR count). The molecule has 1 unspecified atom stereocenters. The molecule has 0 amide bonds. The Bertz CT molecular complexity index is 266. The molecule has 0 saturated carbocycles. The maximum atomic E-state index is 5.96. The van der Waals surface area contributed by atoms with Crippen LogP contribution in [0, 0.1) is 13.8 Å². The highest BCUT2D eigenvalue weighted by Crippen LogP contribution is 2.19. The van der Waals surface area contributed by atoms with Crippen LogP contribution >= 0.6 is 0 Å². The van der Waals surface area contributed by atoms with E-state index in [-0.39, 0.29) is 6.04 Å². The summed E-state index contributed by atoms with van der Waals surface area (Å²) in [5, 5.41) is 0. The van der Waals surface area contributed by atoms with Crippen LogP contribution in [-0.4, -0.2) is 0 Å². The van der Waals surface area contributed by atoms with Crippen LogP contribution in [0.2, 0.25) is 0 Å². The van der Waals surface area contributed by atoms with E-state index >= 15 is 0 Å². The van der Waals surface area contributed by atoms with Gasteiger partial charge in [-0.15, -0.1) is 0 Å². The van der Waals surface area contributed by atoms with Crippen LogP contribution in [0.3, 0.4) is 0 Å². The molecule has 0 aromatic heterocycles. The summed E-state index contributed by atoms with van der Waals surface area (Å²) in [5.74, 6) is 0. The Morgan fingerprint density at radius 2 is 2.00 bits per heavy atom. The van der Waals surface area contributed by atoms with E-state index in [2.05, 4.69) is 39.0 Å². The van der Waals surface area contributed by atoms with E-state index in [1.165, 1.54) is 16.7 Å². The van der Waals surface area contributed by atoms with Crippen molar-refractivity contribution in [1.82, 2.24) is 0 Å². The van der Waals surface area contributed by atoms with Gasteiger partial charge in [-0.1, -0.05) is 30.7 Å².